The Balaban J connectivity index is 2.44. The summed E-state index contributed by atoms with van der Waals surface area (Å²) in [6.07, 6.45) is 0. The molecule has 0 saturated carbocycles. The fraction of sp³-hybridized carbons (Fsp3) is 0.0714. The van der Waals surface area contributed by atoms with E-state index in [0.29, 0.717) is 5.69 Å². The average molecular weight is 272 g/mol. The molecule has 6 heteroatoms. The van der Waals surface area contributed by atoms with Gasteiger partial charge in [0.15, 0.2) is 0 Å². The van der Waals surface area contributed by atoms with Gasteiger partial charge in [-0.2, -0.15) is 0 Å². The lowest BCUT2D eigenvalue weighted by Crippen LogP contribution is -2.04. The number of benzene rings is 2. The molecule has 0 aliphatic rings. The van der Waals surface area contributed by atoms with Crippen molar-refractivity contribution >= 4 is 23.0 Å². The Morgan fingerprint density at radius 1 is 1.20 bits per heavy atom. The fourth-order valence-corrected chi connectivity index (χ4v) is 1.79. The van der Waals surface area contributed by atoms with Crippen molar-refractivity contribution in [1.82, 2.24) is 0 Å². The number of nitro groups is 1. The molecule has 2 aromatic rings. The molecular formula is C14H12N2O4. The van der Waals surface area contributed by atoms with Gasteiger partial charge in [-0.1, -0.05) is 18.2 Å². The Kier molecular flexibility index (Phi) is 3.65. The van der Waals surface area contributed by atoms with E-state index in [2.05, 4.69) is 5.32 Å². The van der Waals surface area contributed by atoms with E-state index in [0.717, 1.165) is 17.3 Å². The van der Waals surface area contributed by atoms with Crippen LogP contribution in [0.2, 0.25) is 0 Å². The minimum atomic E-state index is -1.22. The first kappa shape index (κ1) is 13.5. The van der Waals surface area contributed by atoms with E-state index < -0.39 is 10.9 Å². The van der Waals surface area contributed by atoms with Gasteiger partial charge in [-0.3, -0.25) is 10.1 Å². The molecule has 0 fully saturated rings. The molecule has 0 aliphatic heterocycles. The molecule has 0 aliphatic carbocycles. The number of hydrogen-bond acceptors (Lipinski definition) is 4. The van der Waals surface area contributed by atoms with Crippen molar-refractivity contribution in [2.24, 2.45) is 0 Å². The van der Waals surface area contributed by atoms with Crippen LogP contribution in [0.5, 0.6) is 0 Å². The summed E-state index contributed by atoms with van der Waals surface area (Å²) in [5.74, 6) is -1.22. The van der Waals surface area contributed by atoms with Crippen LogP contribution in [0.15, 0.2) is 42.5 Å². The molecule has 2 aromatic carbocycles. The van der Waals surface area contributed by atoms with Crippen molar-refractivity contribution in [3.63, 3.8) is 0 Å². The van der Waals surface area contributed by atoms with Gasteiger partial charge in [0.25, 0.3) is 5.69 Å². The van der Waals surface area contributed by atoms with Crippen LogP contribution in [0.1, 0.15) is 15.9 Å². The number of nitrogens with zero attached hydrogens (tertiary/aromatic N) is 1. The summed E-state index contributed by atoms with van der Waals surface area (Å²) in [6, 6.07) is 11.1. The highest BCUT2D eigenvalue weighted by Crippen LogP contribution is 2.26. The summed E-state index contributed by atoms with van der Waals surface area (Å²) in [5.41, 5.74) is 1.63. The van der Waals surface area contributed by atoms with E-state index in [1.165, 1.54) is 12.1 Å². The number of carboxylic acid groups (broad SMARTS) is 1. The van der Waals surface area contributed by atoms with Gasteiger partial charge in [0.2, 0.25) is 0 Å². The van der Waals surface area contributed by atoms with E-state index in [1.54, 1.807) is 0 Å². The van der Waals surface area contributed by atoms with Crippen LogP contribution in [0.4, 0.5) is 17.1 Å². The van der Waals surface area contributed by atoms with Gasteiger partial charge < -0.3 is 10.4 Å². The molecule has 20 heavy (non-hydrogen) atoms. The monoisotopic (exact) mass is 272 g/mol. The van der Waals surface area contributed by atoms with Crippen molar-refractivity contribution in [3.8, 4) is 0 Å². The number of hydrogen-bond donors (Lipinski definition) is 2. The highest BCUT2D eigenvalue weighted by molar-refractivity contribution is 5.96. The third-order valence-corrected chi connectivity index (χ3v) is 2.86. The van der Waals surface area contributed by atoms with Crippen LogP contribution in [-0.4, -0.2) is 16.0 Å². The molecule has 102 valence electrons. The minimum Gasteiger partial charge on any atom is -0.478 e. The quantitative estimate of drug-likeness (QED) is 0.657. The summed E-state index contributed by atoms with van der Waals surface area (Å²) in [6.45, 7) is 1.88. The van der Waals surface area contributed by atoms with Crippen molar-refractivity contribution in [2.45, 2.75) is 6.92 Å². The summed E-state index contributed by atoms with van der Waals surface area (Å²) >= 11 is 0. The molecule has 2 N–H and O–H groups in total. The van der Waals surface area contributed by atoms with Gasteiger partial charge in [-0.25, -0.2) is 4.79 Å². The molecule has 0 bridgehead atoms. The number of aryl methyl sites for hydroxylation is 1. The Morgan fingerprint density at radius 2 is 1.90 bits per heavy atom. The summed E-state index contributed by atoms with van der Waals surface area (Å²) in [7, 11) is 0. The molecule has 0 spiro atoms. The largest absolute Gasteiger partial charge is 0.478 e. The van der Waals surface area contributed by atoms with E-state index in [1.807, 2.05) is 31.2 Å². The van der Waals surface area contributed by atoms with E-state index >= 15 is 0 Å². The van der Waals surface area contributed by atoms with Crippen molar-refractivity contribution in [2.75, 3.05) is 5.32 Å². The first-order valence-corrected chi connectivity index (χ1v) is 5.83. The maximum atomic E-state index is 11.2. The SMILES string of the molecule is Cc1ccccc1Nc1ccc([N+](=O)[O-])cc1C(=O)O. The third kappa shape index (κ3) is 2.74. The molecule has 0 saturated heterocycles. The highest BCUT2D eigenvalue weighted by atomic mass is 16.6. The molecule has 0 aromatic heterocycles. The van der Waals surface area contributed by atoms with Crippen LogP contribution >= 0.6 is 0 Å². The number of nitro benzene ring substituents is 1. The predicted octanol–water partition coefficient (Wildman–Crippen LogP) is 3.35. The van der Waals surface area contributed by atoms with Crippen molar-refractivity contribution < 1.29 is 14.8 Å². The number of para-hydroxylation sites is 1. The Bertz CT molecular complexity index is 683. The molecule has 0 unspecified atom stereocenters. The number of non-ortho nitro benzene ring substituents is 1. The van der Waals surface area contributed by atoms with Crippen molar-refractivity contribution in [3.05, 3.63) is 63.7 Å². The zero-order valence-corrected chi connectivity index (χ0v) is 10.7. The second-order valence-electron chi connectivity index (χ2n) is 4.23. The van der Waals surface area contributed by atoms with Crippen LogP contribution in [0.3, 0.4) is 0 Å². The number of rotatable bonds is 4. The van der Waals surface area contributed by atoms with Gasteiger partial charge >= 0.3 is 5.97 Å². The van der Waals surface area contributed by atoms with E-state index in [4.69, 9.17) is 5.11 Å². The molecule has 2 rings (SSSR count). The Morgan fingerprint density at radius 3 is 2.50 bits per heavy atom. The topological polar surface area (TPSA) is 92.5 Å². The minimum absolute atomic E-state index is 0.137. The molecule has 0 atom stereocenters. The van der Waals surface area contributed by atoms with Crippen LogP contribution < -0.4 is 5.32 Å². The van der Waals surface area contributed by atoms with Crippen LogP contribution in [0.25, 0.3) is 0 Å². The molecule has 0 heterocycles. The third-order valence-electron chi connectivity index (χ3n) is 2.86. The second-order valence-corrected chi connectivity index (χ2v) is 4.23. The molecular weight excluding hydrogens is 260 g/mol. The van der Waals surface area contributed by atoms with Crippen LogP contribution in [0, 0.1) is 17.0 Å². The molecule has 0 amide bonds. The van der Waals surface area contributed by atoms with Gasteiger partial charge in [-0.15, -0.1) is 0 Å². The smallest absolute Gasteiger partial charge is 0.338 e. The Labute approximate surface area is 114 Å². The standard InChI is InChI=1S/C14H12N2O4/c1-9-4-2-3-5-12(9)15-13-7-6-10(16(19)20)8-11(13)14(17)18/h2-8,15H,1H3,(H,17,18). The van der Waals surface area contributed by atoms with Gasteiger partial charge in [0, 0.05) is 17.8 Å². The lowest BCUT2D eigenvalue weighted by Gasteiger charge is -2.11. The average Bonchev–Trinajstić information content (AvgIpc) is 2.41. The fourth-order valence-electron chi connectivity index (χ4n) is 1.79. The lowest BCUT2D eigenvalue weighted by atomic mass is 10.1. The maximum absolute atomic E-state index is 11.2. The predicted molar refractivity (Wildman–Crippen MR) is 74.5 cm³/mol. The number of carbonyl (C=O) groups is 1. The second kappa shape index (κ2) is 5.40. The zero-order chi connectivity index (χ0) is 14.7. The maximum Gasteiger partial charge on any atom is 0.338 e. The number of anilines is 2. The molecule has 6 nitrogen and oxygen atoms in total. The van der Waals surface area contributed by atoms with Crippen LogP contribution in [-0.2, 0) is 0 Å². The summed E-state index contributed by atoms with van der Waals surface area (Å²) in [5, 5.41) is 22.8. The zero-order valence-electron chi connectivity index (χ0n) is 10.7. The number of aromatic carboxylic acids is 1. The first-order valence-electron chi connectivity index (χ1n) is 5.83. The van der Waals surface area contributed by atoms with Crippen molar-refractivity contribution in [1.29, 1.82) is 0 Å². The first-order chi connectivity index (χ1) is 9.49. The summed E-state index contributed by atoms with van der Waals surface area (Å²) in [4.78, 5) is 21.3. The molecule has 0 radical (unpaired) electrons. The number of nitrogens with one attached hydrogen (secondary N) is 1. The van der Waals surface area contributed by atoms with Gasteiger partial charge in [-0.05, 0) is 24.6 Å². The summed E-state index contributed by atoms with van der Waals surface area (Å²) < 4.78 is 0. The van der Waals surface area contributed by atoms with E-state index in [9.17, 15) is 14.9 Å². The number of carboxylic acids is 1. The van der Waals surface area contributed by atoms with Gasteiger partial charge in [0.1, 0.15) is 0 Å². The lowest BCUT2D eigenvalue weighted by molar-refractivity contribution is -0.384. The van der Waals surface area contributed by atoms with E-state index in [-0.39, 0.29) is 11.3 Å². The highest BCUT2D eigenvalue weighted by Gasteiger charge is 2.16. The normalized spacial score (nSPS) is 10.1. The van der Waals surface area contributed by atoms with Gasteiger partial charge in [0.05, 0.1) is 16.2 Å². The Hall–Kier alpha value is -2.89.